The number of nitrogens with zero attached hydrogens (tertiary/aromatic N) is 2. The highest BCUT2D eigenvalue weighted by molar-refractivity contribution is 14.1. The molecular formula is C17H12F3IN2O2. The van der Waals surface area contributed by atoms with Gasteiger partial charge in [0.1, 0.15) is 0 Å². The van der Waals surface area contributed by atoms with E-state index in [0.29, 0.717) is 5.56 Å². The highest BCUT2D eigenvalue weighted by atomic mass is 127. The molecule has 0 aromatic heterocycles. The third-order valence-electron chi connectivity index (χ3n) is 3.83. The van der Waals surface area contributed by atoms with Crippen molar-refractivity contribution >= 4 is 34.2 Å². The molecule has 3 rings (SSSR count). The van der Waals surface area contributed by atoms with Gasteiger partial charge in [-0.15, -0.1) is 0 Å². The van der Waals surface area contributed by atoms with Crippen LogP contribution in [-0.4, -0.2) is 33.6 Å². The van der Waals surface area contributed by atoms with Crippen molar-refractivity contribution in [1.29, 1.82) is 0 Å². The molecule has 1 aliphatic rings. The third-order valence-corrected chi connectivity index (χ3v) is 4.55. The van der Waals surface area contributed by atoms with Gasteiger partial charge in [-0.05, 0) is 52.4 Å². The van der Waals surface area contributed by atoms with Crippen LogP contribution >= 0.6 is 22.6 Å². The molecule has 8 heteroatoms. The molecule has 2 aromatic rings. The average molecular weight is 460 g/mol. The molecule has 0 aliphatic carbocycles. The van der Waals surface area contributed by atoms with E-state index in [1.807, 2.05) is 22.6 Å². The van der Waals surface area contributed by atoms with Crippen molar-refractivity contribution in [3.63, 3.8) is 0 Å². The van der Waals surface area contributed by atoms with Crippen LogP contribution in [0.2, 0.25) is 0 Å². The van der Waals surface area contributed by atoms with E-state index in [-0.39, 0.29) is 16.3 Å². The minimum Gasteiger partial charge on any atom is -0.362 e. The van der Waals surface area contributed by atoms with Crippen molar-refractivity contribution in [2.75, 3.05) is 0 Å². The van der Waals surface area contributed by atoms with Crippen LogP contribution in [0.4, 0.5) is 13.2 Å². The fraction of sp³-hybridized carbons (Fsp3) is 0.176. The second-order valence-electron chi connectivity index (χ2n) is 5.53. The predicted octanol–water partition coefficient (Wildman–Crippen LogP) is 3.79. The van der Waals surface area contributed by atoms with E-state index in [0.717, 1.165) is 3.57 Å². The van der Waals surface area contributed by atoms with Gasteiger partial charge in [0.25, 0.3) is 11.6 Å². The van der Waals surface area contributed by atoms with Crippen LogP contribution in [-0.2, 0) is 0 Å². The molecule has 0 saturated heterocycles. The second-order valence-corrected chi connectivity index (χ2v) is 6.77. The van der Waals surface area contributed by atoms with Crippen molar-refractivity contribution in [3.05, 3.63) is 69.3 Å². The fourth-order valence-corrected chi connectivity index (χ4v) is 2.85. The number of benzene rings is 2. The average Bonchev–Trinajstić information content (AvgIpc) is 2.95. The zero-order valence-electron chi connectivity index (χ0n) is 12.7. The summed E-state index contributed by atoms with van der Waals surface area (Å²) < 4.78 is 41.3. The first kappa shape index (κ1) is 17.9. The van der Waals surface area contributed by atoms with E-state index in [2.05, 4.69) is 5.10 Å². The standard InChI is InChI=1S/C17H12F3IN2O2/c18-17(19,20)16(25)10-14(11-4-2-1-3-5-11)22-23(16)15(24)12-6-8-13(21)9-7-12/h1-9,25H,10H2. The maximum Gasteiger partial charge on any atom is 0.438 e. The quantitative estimate of drug-likeness (QED) is 0.694. The Morgan fingerprint density at radius 2 is 1.72 bits per heavy atom. The number of aliphatic hydroxyl groups is 1. The summed E-state index contributed by atoms with van der Waals surface area (Å²) in [6, 6.07) is 14.2. The molecule has 25 heavy (non-hydrogen) atoms. The zero-order valence-corrected chi connectivity index (χ0v) is 14.8. The molecule has 1 aliphatic heterocycles. The maximum atomic E-state index is 13.5. The normalized spacial score (nSPS) is 20.5. The number of carbonyl (C=O) groups is 1. The first-order valence-electron chi connectivity index (χ1n) is 7.24. The Morgan fingerprint density at radius 1 is 1.12 bits per heavy atom. The number of hydrazone groups is 1. The SMILES string of the molecule is O=C(c1ccc(I)cc1)N1N=C(c2ccccc2)CC1(O)C(F)(F)F. The molecule has 1 atom stereocenters. The molecule has 2 aromatic carbocycles. The molecule has 1 unspecified atom stereocenters. The molecule has 0 saturated carbocycles. The summed E-state index contributed by atoms with van der Waals surface area (Å²) in [5.74, 6) is -1.01. The van der Waals surface area contributed by atoms with Crippen molar-refractivity contribution < 1.29 is 23.1 Å². The topological polar surface area (TPSA) is 52.9 Å². The molecule has 0 fully saturated rings. The summed E-state index contributed by atoms with van der Waals surface area (Å²) in [6.45, 7) is 0. The summed E-state index contributed by atoms with van der Waals surface area (Å²) in [7, 11) is 0. The van der Waals surface area contributed by atoms with Gasteiger partial charge < -0.3 is 5.11 Å². The van der Waals surface area contributed by atoms with Crippen LogP contribution in [0.5, 0.6) is 0 Å². The predicted molar refractivity (Wildman–Crippen MR) is 93.9 cm³/mol. The van der Waals surface area contributed by atoms with Crippen LogP contribution in [0.1, 0.15) is 22.3 Å². The van der Waals surface area contributed by atoms with Crippen molar-refractivity contribution in [2.45, 2.75) is 18.3 Å². The number of amides is 1. The Labute approximate surface area is 155 Å². The molecule has 0 bridgehead atoms. The summed E-state index contributed by atoms with van der Waals surface area (Å²) in [4.78, 5) is 12.6. The minimum atomic E-state index is -5.05. The molecule has 130 valence electrons. The first-order valence-corrected chi connectivity index (χ1v) is 8.32. The third kappa shape index (κ3) is 3.28. The summed E-state index contributed by atoms with van der Waals surface area (Å²) in [6.07, 6.45) is -5.87. The monoisotopic (exact) mass is 460 g/mol. The Balaban J connectivity index is 2.04. The van der Waals surface area contributed by atoms with E-state index in [4.69, 9.17) is 0 Å². The Hall–Kier alpha value is -1.94. The molecule has 1 heterocycles. The van der Waals surface area contributed by atoms with Crippen LogP contribution in [0.15, 0.2) is 59.7 Å². The Kier molecular flexibility index (Phi) is 4.58. The van der Waals surface area contributed by atoms with Gasteiger partial charge in [0.15, 0.2) is 0 Å². The van der Waals surface area contributed by atoms with E-state index >= 15 is 0 Å². The van der Waals surface area contributed by atoms with Crippen LogP contribution in [0, 0.1) is 3.57 Å². The second kappa shape index (κ2) is 6.41. The Bertz CT molecular complexity index is 822. The van der Waals surface area contributed by atoms with E-state index in [1.54, 1.807) is 42.5 Å². The number of halogens is 4. The van der Waals surface area contributed by atoms with Crippen molar-refractivity contribution in [3.8, 4) is 0 Å². The number of hydrogen-bond acceptors (Lipinski definition) is 3. The number of hydrogen-bond donors (Lipinski definition) is 1. The summed E-state index contributed by atoms with van der Waals surface area (Å²) in [5.41, 5.74) is -2.94. The van der Waals surface area contributed by atoms with Gasteiger partial charge in [0.05, 0.1) is 12.1 Å². The lowest BCUT2D eigenvalue weighted by Crippen LogP contribution is -2.56. The molecule has 0 radical (unpaired) electrons. The van der Waals surface area contributed by atoms with Gasteiger partial charge in [0.2, 0.25) is 0 Å². The maximum absolute atomic E-state index is 13.5. The lowest BCUT2D eigenvalue weighted by Gasteiger charge is -2.32. The number of alkyl halides is 3. The highest BCUT2D eigenvalue weighted by Crippen LogP contribution is 2.41. The highest BCUT2D eigenvalue weighted by Gasteiger charge is 2.63. The summed E-state index contributed by atoms with van der Waals surface area (Å²) in [5, 5.41) is 14.2. The lowest BCUT2D eigenvalue weighted by atomic mass is 10.0. The van der Waals surface area contributed by atoms with Crippen LogP contribution in [0.25, 0.3) is 0 Å². The van der Waals surface area contributed by atoms with Crippen LogP contribution in [0.3, 0.4) is 0 Å². The van der Waals surface area contributed by atoms with Gasteiger partial charge >= 0.3 is 6.18 Å². The molecule has 1 amide bonds. The van der Waals surface area contributed by atoms with E-state index in [9.17, 15) is 23.1 Å². The van der Waals surface area contributed by atoms with Gasteiger partial charge in [0, 0.05) is 9.13 Å². The van der Waals surface area contributed by atoms with Crippen molar-refractivity contribution in [1.82, 2.24) is 5.01 Å². The van der Waals surface area contributed by atoms with Crippen molar-refractivity contribution in [2.24, 2.45) is 5.10 Å². The molecule has 0 spiro atoms. The Morgan fingerprint density at radius 3 is 2.28 bits per heavy atom. The van der Waals surface area contributed by atoms with Crippen LogP contribution < -0.4 is 0 Å². The van der Waals surface area contributed by atoms with E-state index < -0.39 is 24.2 Å². The number of rotatable bonds is 2. The molecule has 4 nitrogen and oxygen atoms in total. The smallest absolute Gasteiger partial charge is 0.362 e. The summed E-state index contributed by atoms with van der Waals surface area (Å²) >= 11 is 2.02. The van der Waals surface area contributed by atoms with E-state index in [1.165, 1.54) is 12.1 Å². The largest absolute Gasteiger partial charge is 0.438 e. The zero-order chi connectivity index (χ0) is 18.2. The van der Waals surface area contributed by atoms with Gasteiger partial charge in [-0.25, -0.2) is 0 Å². The van der Waals surface area contributed by atoms with Gasteiger partial charge in [-0.3, -0.25) is 4.79 Å². The lowest BCUT2D eigenvalue weighted by molar-refractivity contribution is -0.297. The molecule has 1 N–H and O–H groups in total. The molecular weight excluding hydrogens is 448 g/mol. The van der Waals surface area contributed by atoms with Gasteiger partial charge in [-0.1, -0.05) is 30.3 Å². The van der Waals surface area contributed by atoms with Gasteiger partial charge in [-0.2, -0.15) is 23.3 Å². The minimum absolute atomic E-state index is 0.000660. The first-order chi connectivity index (χ1) is 11.7. The number of carbonyl (C=O) groups excluding carboxylic acids is 1. The fourth-order valence-electron chi connectivity index (χ4n) is 2.49.